The molecule has 0 radical (unpaired) electrons. The van der Waals surface area contributed by atoms with Gasteiger partial charge in [0.15, 0.2) is 15.5 Å². The lowest BCUT2D eigenvalue weighted by atomic mass is 10.0. The molecule has 0 saturated carbocycles. The van der Waals surface area contributed by atoms with Crippen LogP contribution in [0.3, 0.4) is 0 Å². The van der Waals surface area contributed by atoms with Crippen molar-refractivity contribution < 1.29 is 13.2 Å². The first-order valence-corrected chi connectivity index (χ1v) is 9.98. The molecule has 0 spiro atoms. The number of rotatable bonds is 3. The molecular weight excluding hydrogens is 342 g/mol. The summed E-state index contributed by atoms with van der Waals surface area (Å²) in [7, 11) is -3.14. The van der Waals surface area contributed by atoms with Crippen LogP contribution in [0.15, 0.2) is 29.1 Å². The zero-order valence-electron chi connectivity index (χ0n) is 14.4. The maximum atomic E-state index is 12.8. The average molecular weight is 363 g/mol. The van der Waals surface area contributed by atoms with E-state index in [4.69, 9.17) is 0 Å². The van der Waals surface area contributed by atoms with E-state index in [1.807, 2.05) is 13.8 Å². The molecule has 1 N–H and O–H groups in total. The minimum Gasteiger partial charge on any atom is -0.344 e. The fraction of sp³-hybridized carbons (Fsp3) is 0.471. The van der Waals surface area contributed by atoms with Gasteiger partial charge in [0.05, 0.1) is 28.5 Å². The molecule has 1 amide bonds. The Morgan fingerprint density at radius 3 is 2.48 bits per heavy atom. The minimum absolute atomic E-state index is 0.0590. The van der Waals surface area contributed by atoms with Gasteiger partial charge >= 0.3 is 0 Å². The van der Waals surface area contributed by atoms with Crippen LogP contribution in [0.4, 0.5) is 0 Å². The van der Waals surface area contributed by atoms with E-state index in [1.165, 1.54) is 4.68 Å². The number of amides is 1. The molecule has 1 saturated heterocycles. The molecule has 25 heavy (non-hydrogen) atoms. The van der Waals surface area contributed by atoms with Crippen LogP contribution < -0.4 is 10.9 Å². The molecular formula is C17H21N3O4S. The molecule has 1 fully saturated rings. The summed E-state index contributed by atoms with van der Waals surface area (Å²) < 4.78 is 24.8. The lowest BCUT2D eigenvalue weighted by Gasteiger charge is -2.24. The number of aromatic nitrogens is 2. The van der Waals surface area contributed by atoms with E-state index < -0.39 is 21.3 Å². The van der Waals surface area contributed by atoms with Crippen molar-refractivity contribution in [3.8, 4) is 0 Å². The molecule has 0 bridgehead atoms. The molecule has 0 unspecified atom stereocenters. The fourth-order valence-electron chi connectivity index (χ4n) is 3.17. The fourth-order valence-corrected chi connectivity index (χ4v) is 5.26. The Kier molecular flexibility index (Phi) is 4.18. The van der Waals surface area contributed by atoms with Crippen LogP contribution in [0.25, 0.3) is 10.8 Å². The van der Waals surface area contributed by atoms with Gasteiger partial charge in [-0.25, -0.2) is 13.1 Å². The zero-order valence-corrected chi connectivity index (χ0v) is 15.3. The normalized spacial score (nSPS) is 22.4. The molecule has 134 valence electrons. The van der Waals surface area contributed by atoms with Crippen LogP contribution in [0.5, 0.6) is 0 Å². The molecule has 8 heteroatoms. The quantitative estimate of drug-likeness (QED) is 0.886. The monoisotopic (exact) mass is 363 g/mol. The number of nitrogens with zero attached hydrogens (tertiary/aromatic N) is 2. The summed E-state index contributed by atoms with van der Waals surface area (Å²) in [6.07, 6.45) is 0.364. The highest BCUT2D eigenvalue weighted by atomic mass is 32.2. The average Bonchev–Trinajstić information content (AvgIpc) is 2.80. The van der Waals surface area contributed by atoms with Crippen molar-refractivity contribution in [1.29, 1.82) is 0 Å². The first-order valence-electron chi connectivity index (χ1n) is 8.16. The molecule has 1 aliphatic heterocycles. The molecule has 2 heterocycles. The van der Waals surface area contributed by atoms with Gasteiger partial charge in [0.25, 0.3) is 11.5 Å². The number of nitrogens with one attached hydrogen (secondary N) is 1. The van der Waals surface area contributed by atoms with Crippen LogP contribution in [0.2, 0.25) is 0 Å². The summed E-state index contributed by atoms with van der Waals surface area (Å²) in [6.45, 7) is 5.35. The molecule has 2 aromatic rings. The first kappa shape index (κ1) is 17.6. The van der Waals surface area contributed by atoms with E-state index in [0.717, 1.165) is 0 Å². The lowest BCUT2D eigenvalue weighted by molar-refractivity contribution is 0.0909. The number of fused-ring (bicyclic) bond motifs is 1. The molecule has 1 aromatic heterocycles. The Morgan fingerprint density at radius 1 is 1.28 bits per heavy atom. The van der Waals surface area contributed by atoms with Crippen molar-refractivity contribution in [3.05, 3.63) is 40.3 Å². The van der Waals surface area contributed by atoms with Crippen LogP contribution in [-0.2, 0) is 9.84 Å². The Morgan fingerprint density at radius 2 is 1.92 bits per heavy atom. The molecule has 1 aromatic carbocycles. The molecule has 7 nitrogen and oxygen atoms in total. The van der Waals surface area contributed by atoms with Gasteiger partial charge < -0.3 is 5.32 Å². The second-order valence-corrected chi connectivity index (χ2v) is 9.28. The number of carbonyl (C=O) groups excluding carboxylic acids is 1. The number of carbonyl (C=O) groups is 1. The third-order valence-corrected chi connectivity index (χ3v) is 6.35. The first-order chi connectivity index (χ1) is 11.6. The summed E-state index contributed by atoms with van der Waals surface area (Å²) in [5, 5.41) is 7.94. The Balaban J connectivity index is 2.08. The largest absolute Gasteiger partial charge is 0.344 e. The summed E-state index contributed by atoms with van der Waals surface area (Å²) in [5.41, 5.74) is -0.941. The lowest BCUT2D eigenvalue weighted by Crippen LogP contribution is -2.47. The van der Waals surface area contributed by atoms with Gasteiger partial charge in [-0.2, -0.15) is 5.10 Å². The van der Waals surface area contributed by atoms with Crippen LogP contribution >= 0.6 is 0 Å². The SMILES string of the molecule is CC(C)n1nc(C(=O)N[C@]2(C)CCS(=O)(=O)C2)c2ccccc2c1=O. The number of benzene rings is 1. The predicted molar refractivity (Wildman–Crippen MR) is 95.5 cm³/mol. The second-order valence-electron chi connectivity index (χ2n) is 7.09. The van der Waals surface area contributed by atoms with Crippen molar-refractivity contribution in [2.75, 3.05) is 11.5 Å². The Labute approximate surface area is 146 Å². The van der Waals surface area contributed by atoms with Gasteiger partial charge in [0.2, 0.25) is 0 Å². The van der Waals surface area contributed by atoms with Gasteiger partial charge in [0.1, 0.15) is 0 Å². The number of sulfone groups is 1. The summed E-state index contributed by atoms with van der Waals surface area (Å²) >= 11 is 0. The van der Waals surface area contributed by atoms with Crippen LogP contribution in [-0.4, -0.2) is 41.2 Å². The highest BCUT2D eigenvalue weighted by Crippen LogP contribution is 2.24. The van der Waals surface area contributed by atoms with Gasteiger partial charge in [0, 0.05) is 5.39 Å². The van der Waals surface area contributed by atoms with Crippen molar-refractivity contribution >= 4 is 26.5 Å². The van der Waals surface area contributed by atoms with E-state index in [2.05, 4.69) is 10.4 Å². The van der Waals surface area contributed by atoms with Crippen molar-refractivity contribution in [1.82, 2.24) is 15.1 Å². The second kappa shape index (κ2) is 5.94. The molecule has 1 atom stereocenters. The maximum absolute atomic E-state index is 12.8. The number of hydrogen-bond acceptors (Lipinski definition) is 5. The third kappa shape index (κ3) is 3.30. The topological polar surface area (TPSA) is 98.1 Å². The van der Waals surface area contributed by atoms with E-state index in [1.54, 1.807) is 31.2 Å². The Hall–Kier alpha value is -2.22. The van der Waals surface area contributed by atoms with Crippen molar-refractivity contribution in [3.63, 3.8) is 0 Å². The highest BCUT2D eigenvalue weighted by Gasteiger charge is 2.40. The zero-order chi connectivity index (χ0) is 18.4. The predicted octanol–water partition coefficient (Wildman–Crippen LogP) is 1.28. The minimum atomic E-state index is -3.14. The standard InChI is InChI=1S/C17H21N3O4S/c1-11(2)20-16(22)13-7-5-4-6-12(13)14(19-20)15(21)18-17(3)8-9-25(23,24)10-17/h4-7,11H,8-10H2,1-3H3,(H,18,21)/t17-/m1/s1. The van der Waals surface area contributed by atoms with Crippen molar-refractivity contribution in [2.24, 2.45) is 0 Å². The van der Waals surface area contributed by atoms with E-state index in [0.29, 0.717) is 17.2 Å². The van der Waals surface area contributed by atoms with Gasteiger partial charge in [-0.1, -0.05) is 18.2 Å². The van der Waals surface area contributed by atoms with E-state index in [-0.39, 0.29) is 28.8 Å². The molecule has 1 aliphatic rings. The number of hydrogen-bond donors (Lipinski definition) is 1. The molecule has 0 aliphatic carbocycles. The van der Waals surface area contributed by atoms with Crippen molar-refractivity contribution in [2.45, 2.75) is 38.8 Å². The van der Waals surface area contributed by atoms with Gasteiger partial charge in [-0.15, -0.1) is 0 Å². The van der Waals surface area contributed by atoms with Gasteiger partial charge in [-0.05, 0) is 33.3 Å². The van der Waals surface area contributed by atoms with E-state index in [9.17, 15) is 18.0 Å². The highest BCUT2D eigenvalue weighted by molar-refractivity contribution is 7.91. The van der Waals surface area contributed by atoms with E-state index >= 15 is 0 Å². The maximum Gasteiger partial charge on any atom is 0.274 e. The molecule has 3 rings (SSSR count). The summed E-state index contributed by atoms with van der Waals surface area (Å²) in [6, 6.07) is 6.61. The smallest absolute Gasteiger partial charge is 0.274 e. The van der Waals surface area contributed by atoms with Crippen LogP contribution in [0, 0.1) is 0 Å². The van der Waals surface area contributed by atoms with Gasteiger partial charge in [-0.3, -0.25) is 9.59 Å². The summed E-state index contributed by atoms with van der Waals surface area (Å²) in [4.78, 5) is 25.4. The third-order valence-electron chi connectivity index (χ3n) is 4.45. The Bertz CT molecular complexity index is 1010. The summed E-state index contributed by atoms with van der Waals surface area (Å²) in [5.74, 6) is -0.498. The van der Waals surface area contributed by atoms with Crippen LogP contribution in [0.1, 0.15) is 43.7 Å².